The largest absolute Gasteiger partial charge is 0.378 e. The van der Waals surface area contributed by atoms with Crippen LogP contribution in [-0.2, 0) is 11.3 Å². The summed E-state index contributed by atoms with van der Waals surface area (Å²) in [7, 11) is 0. The number of aryl methyl sites for hydroxylation is 2. The Morgan fingerprint density at radius 1 is 1.52 bits per heavy atom. The molecule has 1 aromatic heterocycles. The van der Waals surface area contributed by atoms with E-state index in [9.17, 15) is 4.79 Å². The highest BCUT2D eigenvalue weighted by molar-refractivity contribution is 5.74. The van der Waals surface area contributed by atoms with Crippen LogP contribution < -0.4 is 10.6 Å². The van der Waals surface area contributed by atoms with Crippen LogP contribution in [0.1, 0.15) is 44.9 Å². The lowest BCUT2D eigenvalue weighted by molar-refractivity contribution is -0.169. The number of hydrogen-bond donors (Lipinski definition) is 2. The first-order chi connectivity index (χ1) is 11.2. The van der Waals surface area contributed by atoms with Crippen LogP contribution in [0.4, 0.5) is 4.79 Å². The average Bonchev–Trinajstić information content (AvgIpc) is 2.86. The molecular weight excluding hydrogens is 292 g/mol. The molecule has 1 spiro atoms. The smallest absolute Gasteiger partial charge is 0.315 e. The van der Waals surface area contributed by atoms with Gasteiger partial charge in [-0.1, -0.05) is 6.42 Å². The summed E-state index contributed by atoms with van der Waals surface area (Å²) in [4.78, 5) is 16.3. The lowest BCUT2D eigenvalue weighted by Gasteiger charge is -2.60. The number of urea groups is 1. The van der Waals surface area contributed by atoms with Crippen molar-refractivity contribution in [1.82, 2.24) is 20.2 Å². The Balaban J connectivity index is 1.36. The van der Waals surface area contributed by atoms with Gasteiger partial charge in [0, 0.05) is 43.5 Å². The van der Waals surface area contributed by atoms with E-state index < -0.39 is 0 Å². The Hall–Kier alpha value is -1.56. The average molecular weight is 320 g/mol. The summed E-state index contributed by atoms with van der Waals surface area (Å²) in [5, 5.41) is 6.13. The molecule has 2 N–H and O–H groups in total. The van der Waals surface area contributed by atoms with Gasteiger partial charge in [0.05, 0.1) is 6.10 Å². The number of nitrogens with one attached hydrogen (secondary N) is 2. The van der Waals surface area contributed by atoms with Crippen LogP contribution >= 0.6 is 0 Å². The second-order valence-corrected chi connectivity index (χ2v) is 6.74. The fourth-order valence-electron chi connectivity index (χ4n) is 3.94. The van der Waals surface area contributed by atoms with E-state index in [0.29, 0.717) is 12.6 Å². The van der Waals surface area contributed by atoms with Crippen molar-refractivity contribution in [3.63, 3.8) is 0 Å². The summed E-state index contributed by atoms with van der Waals surface area (Å²) in [6, 6.07) is 0.238. The number of aromatic nitrogens is 2. The number of amides is 2. The second-order valence-electron chi connectivity index (χ2n) is 6.74. The quantitative estimate of drug-likeness (QED) is 0.757. The maximum absolute atomic E-state index is 12.1. The summed E-state index contributed by atoms with van der Waals surface area (Å²) in [6.45, 7) is 6.36. The lowest BCUT2D eigenvalue weighted by Crippen LogP contribution is -2.68. The van der Waals surface area contributed by atoms with Crippen molar-refractivity contribution in [2.24, 2.45) is 5.41 Å². The first-order valence-electron chi connectivity index (χ1n) is 8.79. The monoisotopic (exact) mass is 320 g/mol. The van der Waals surface area contributed by atoms with Gasteiger partial charge in [0.2, 0.25) is 0 Å². The van der Waals surface area contributed by atoms with Crippen LogP contribution in [0, 0.1) is 12.3 Å². The van der Waals surface area contributed by atoms with E-state index in [2.05, 4.69) is 20.2 Å². The topological polar surface area (TPSA) is 68.2 Å². The molecule has 2 aliphatic carbocycles. The fraction of sp³-hybridized carbons (Fsp3) is 0.765. The number of hydrogen-bond acceptors (Lipinski definition) is 3. The highest BCUT2D eigenvalue weighted by Crippen LogP contribution is 2.57. The minimum atomic E-state index is -0.0430. The van der Waals surface area contributed by atoms with Crippen LogP contribution in [0.3, 0.4) is 0 Å². The zero-order chi connectivity index (χ0) is 16.3. The molecule has 2 aliphatic rings. The van der Waals surface area contributed by atoms with Crippen LogP contribution in [0.15, 0.2) is 12.4 Å². The van der Waals surface area contributed by atoms with Gasteiger partial charge in [-0.2, -0.15) is 0 Å². The minimum absolute atomic E-state index is 0.0430. The first-order valence-corrected chi connectivity index (χ1v) is 8.79. The van der Waals surface area contributed by atoms with Crippen molar-refractivity contribution >= 4 is 6.03 Å². The van der Waals surface area contributed by atoms with E-state index in [1.807, 2.05) is 20.0 Å². The third kappa shape index (κ3) is 3.22. The van der Waals surface area contributed by atoms with Gasteiger partial charge in [0.25, 0.3) is 0 Å². The predicted octanol–water partition coefficient (Wildman–Crippen LogP) is 2.23. The van der Waals surface area contributed by atoms with E-state index in [1.165, 1.54) is 19.3 Å². The second kappa shape index (κ2) is 6.91. The molecule has 2 fully saturated rings. The molecule has 128 valence electrons. The van der Waals surface area contributed by atoms with Crippen molar-refractivity contribution < 1.29 is 9.53 Å². The van der Waals surface area contributed by atoms with Crippen molar-refractivity contribution in [3.8, 4) is 0 Å². The van der Waals surface area contributed by atoms with Crippen molar-refractivity contribution in [1.29, 1.82) is 0 Å². The predicted molar refractivity (Wildman–Crippen MR) is 88.2 cm³/mol. The molecule has 6 nitrogen and oxygen atoms in total. The Labute approximate surface area is 138 Å². The standard InChI is InChI=1S/C17H28N4O2/c1-3-23-15-12-14(17(15)6-4-7-17)20-16(22)19-8-5-10-21-11-9-18-13(21)2/h9,11,14-15H,3-8,10,12H2,1-2H3,(H2,19,20,22)/t14-,15+/m1/s1. The lowest BCUT2D eigenvalue weighted by atomic mass is 9.51. The Kier molecular flexibility index (Phi) is 4.90. The number of carbonyl (C=O) groups is 1. The normalized spacial score (nSPS) is 24.8. The molecule has 0 saturated heterocycles. The van der Waals surface area contributed by atoms with Crippen molar-refractivity contribution in [2.75, 3.05) is 13.2 Å². The van der Waals surface area contributed by atoms with E-state index in [0.717, 1.165) is 31.8 Å². The SMILES string of the molecule is CCO[C@H]1C[C@@H](NC(=O)NCCCn2ccnc2C)C12CCC2. The maximum Gasteiger partial charge on any atom is 0.315 e. The minimum Gasteiger partial charge on any atom is -0.378 e. The van der Waals surface area contributed by atoms with Crippen molar-refractivity contribution in [3.05, 3.63) is 18.2 Å². The van der Waals surface area contributed by atoms with E-state index in [-0.39, 0.29) is 17.5 Å². The molecule has 0 radical (unpaired) electrons. The van der Waals surface area contributed by atoms with Gasteiger partial charge in [-0.05, 0) is 39.5 Å². The molecule has 2 amide bonds. The summed E-state index contributed by atoms with van der Waals surface area (Å²) in [6.07, 6.45) is 9.60. The van der Waals surface area contributed by atoms with Gasteiger partial charge in [-0.25, -0.2) is 9.78 Å². The maximum atomic E-state index is 12.1. The molecule has 2 atom stereocenters. The van der Waals surface area contributed by atoms with Gasteiger partial charge in [-0.15, -0.1) is 0 Å². The Morgan fingerprint density at radius 3 is 2.96 bits per heavy atom. The van der Waals surface area contributed by atoms with Gasteiger partial charge >= 0.3 is 6.03 Å². The molecule has 1 heterocycles. The summed E-state index contributed by atoms with van der Waals surface area (Å²) >= 11 is 0. The Bertz CT molecular complexity index is 538. The van der Waals surface area contributed by atoms with E-state index in [4.69, 9.17) is 4.74 Å². The molecule has 2 saturated carbocycles. The summed E-state index contributed by atoms with van der Waals surface area (Å²) in [5.41, 5.74) is 0.223. The number of carbonyl (C=O) groups excluding carboxylic acids is 1. The summed E-state index contributed by atoms with van der Waals surface area (Å²) in [5.74, 6) is 1.01. The van der Waals surface area contributed by atoms with Crippen LogP contribution in [-0.4, -0.2) is 40.9 Å². The molecule has 0 aromatic carbocycles. The zero-order valence-corrected chi connectivity index (χ0v) is 14.2. The molecule has 1 aromatic rings. The fourth-order valence-corrected chi connectivity index (χ4v) is 3.94. The molecular formula is C17H28N4O2. The molecule has 23 heavy (non-hydrogen) atoms. The zero-order valence-electron chi connectivity index (χ0n) is 14.2. The molecule has 0 unspecified atom stereocenters. The number of nitrogens with zero attached hydrogens (tertiary/aromatic N) is 2. The molecule has 0 aliphatic heterocycles. The van der Waals surface area contributed by atoms with E-state index >= 15 is 0 Å². The molecule has 6 heteroatoms. The number of rotatable bonds is 7. The van der Waals surface area contributed by atoms with Gasteiger partial charge in [-0.3, -0.25) is 0 Å². The number of ether oxygens (including phenoxy) is 1. The van der Waals surface area contributed by atoms with Gasteiger partial charge < -0.3 is 19.9 Å². The first kappa shape index (κ1) is 16.3. The highest BCUT2D eigenvalue weighted by atomic mass is 16.5. The van der Waals surface area contributed by atoms with Gasteiger partial charge in [0.1, 0.15) is 5.82 Å². The van der Waals surface area contributed by atoms with Crippen LogP contribution in [0.25, 0.3) is 0 Å². The van der Waals surface area contributed by atoms with Crippen molar-refractivity contribution in [2.45, 2.75) is 64.6 Å². The third-order valence-electron chi connectivity index (χ3n) is 5.53. The van der Waals surface area contributed by atoms with Gasteiger partial charge in [0.15, 0.2) is 0 Å². The highest BCUT2D eigenvalue weighted by Gasteiger charge is 2.59. The third-order valence-corrected chi connectivity index (χ3v) is 5.53. The number of imidazole rings is 1. The van der Waals surface area contributed by atoms with Crippen LogP contribution in [0.5, 0.6) is 0 Å². The molecule has 0 bridgehead atoms. The molecule has 3 rings (SSSR count). The Morgan fingerprint density at radius 2 is 2.35 bits per heavy atom. The van der Waals surface area contributed by atoms with Crippen LogP contribution in [0.2, 0.25) is 0 Å². The van der Waals surface area contributed by atoms with E-state index in [1.54, 1.807) is 6.20 Å². The summed E-state index contributed by atoms with van der Waals surface area (Å²) < 4.78 is 7.92.